The minimum atomic E-state index is -4.07. The van der Waals surface area contributed by atoms with Gasteiger partial charge in [0, 0.05) is 5.02 Å². The summed E-state index contributed by atoms with van der Waals surface area (Å²) in [4.78, 5) is 12.8. The minimum Gasteiger partial charge on any atom is -0.493 e. The number of halogens is 2. The topological polar surface area (TPSA) is 97.3 Å². The van der Waals surface area contributed by atoms with Gasteiger partial charge >= 0.3 is 0 Å². The molecule has 3 rings (SSSR count). The molecule has 0 unspecified atom stereocenters. The molecule has 190 valence electrons. The molecule has 11 heteroatoms. The number of methoxy groups -OCH3 is 2. The predicted molar refractivity (Wildman–Crippen MR) is 145 cm³/mol. The Bertz CT molecular complexity index is 1400. The number of rotatable bonds is 9. The molecule has 3 aromatic rings. The van der Waals surface area contributed by atoms with Crippen molar-refractivity contribution in [1.29, 1.82) is 0 Å². The molecule has 0 spiro atoms. The van der Waals surface area contributed by atoms with Crippen molar-refractivity contribution in [3.8, 4) is 11.5 Å². The van der Waals surface area contributed by atoms with Gasteiger partial charge in [-0.3, -0.25) is 9.10 Å². The molecule has 0 fully saturated rings. The summed E-state index contributed by atoms with van der Waals surface area (Å²) >= 11 is 9.33. The van der Waals surface area contributed by atoms with Gasteiger partial charge in [0.1, 0.15) is 6.54 Å². The lowest BCUT2D eigenvalue weighted by Crippen LogP contribution is -2.39. The van der Waals surface area contributed by atoms with Crippen LogP contribution in [-0.4, -0.2) is 41.3 Å². The summed E-state index contributed by atoms with van der Waals surface area (Å²) < 4.78 is 39.2. The highest BCUT2D eigenvalue weighted by atomic mass is 79.9. The predicted octanol–water partition coefficient (Wildman–Crippen LogP) is 5.08. The van der Waals surface area contributed by atoms with Crippen molar-refractivity contribution in [2.24, 2.45) is 5.10 Å². The zero-order valence-corrected chi connectivity index (χ0v) is 23.2. The van der Waals surface area contributed by atoms with E-state index in [1.54, 1.807) is 30.3 Å². The van der Waals surface area contributed by atoms with Gasteiger partial charge in [0.15, 0.2) is 11.5 Å². The maximum Gasteiger partial charge on any atom is 0.264 e. The van der Waals surface area contributed by atoms with Gasteiger partial charge in [0.25, 0.3) is 15.9 Å². The molecule has 0 heterocycles. The third-order valence-corrected chi connectivity index (χ3v) is 7.96. The van der Waals surface area contributed by atoms with Crippen LogP contribution in [-0.2, 0) is 14.8 Å². The zero-order valence-electron chi connectivity index (χ0n) is 20.1. The number of nitrogens with zero attached hydrogens (tertiary/aromatic N) is 2. The van der Waals surface area contributed by atoms with Crippen LogP contribution in [0.4, 0.5) is 5.69 Å². The molecule has 36 heavy (non-hydrogen) atoms. The van der Waals surface area contributed by atoms with Crippen molar-refractivity contribution < 1.29 is 22.7 Å². The van der Waals surface area contributed by atoms with Crippen LogP contribution in [0.3, 0.4) is 0 Å². The lowest BCUT2D eigenvalue weighted by atomic mass is 10.1. The molecule has 3 aromatic carbocycles. The Morgan fingerprint density at radius 1 is 1.06 bits per heavy atom. The maximum absolute atomic E-state index is 13.5. The Balaban J connectivity index is 1.86. The van der Waals surface area contributed by atoms with Crippen molar-refractivity contribution in [2.75, 3.05) is 25.1 Å². The number of amides is 1. The highest BCUT2D eigenvalue weighted by Gasteiger charge is 2.27. The molecule has 1 amide bonds. The molecule has 0 radical (unpaired) electrons. The number of carbonyl (C=O) groups excluding carboxylic acids is 1. The third-order valence-electron chi connectivity index (χ3n) is 5.33. The summed E-state index contributed by atoms with van der Waals surface area (Å²) in [6.07, 6.45) is 1.42. The third kappa shape index (κ3) is 6.37. The molecular formula is C25H25BrClN3O5S. The Labute approximate surface area is 224 Å². The molecular weight excluding hydrogens is 570 g/mol. The van der Waals surface area contributed by atoms with Gasteiger partial charge in [-0.2, -0.15) is 5.10 Å². The quantitative estimate of drug-likeness (QED) is 0.275. The summed E-state index contributed by atoms with van der Waals surface area (Å²) in [7, 11) is -1.04. The fourth-order valence-electron chi connectivity index (χ4n) is 3.29. The van der Waals surface area contributed by atoms with Crippen LogP contribution in [0.2, 0.25) is 5.02 Å². The molecule has 0 aromatic heterocycles. The van der Waals surface area contributed by atoms with E-state index in [0.717, 1.165) is 15.4 Å². The highest BCUT2D eigenvalue weighted by molar-refractivity contribution is 9.10. The van der Waals surface area contributed by atoms with Gasteiger partial charge in [-0.25, -0.2) is 13.8 Å². The Hall–Kier alpha value is -3.08. The molecule has 0 aliphatic carbocycles. The number of sulfonamides is 1. The summed E-state index contributed by atoms with van der Waals surface area (Å²) in [6.45, 7) is 3.31. The molecule has 0 atom stereocenters. The first-order chi connectivity index (χ1) is 17.1. The van der Waals surface area contributed by atoms with Gasteiger partial charge in [0.05, 0.1) is 35.5 Å². The molecule has 0 aliphatic rings. The number of benzene rings is 3. The van der Waals surface area contributed by atoms with E-state index < -0.39 is 22.5 Å². The van der Waals surface area contributed by atoms with E-state index in [-0.39, 0.29) is 4.90 Å². The van der Waals surface area contributed by atoms with E-state index in [9.17, 15) is 13.2 Å². The SMILES string of the molecule is COc1cc(/C=N\NC(=O)CN(c2ccc(C)c(C)c2)S(=O)(=O)c2ccc(Cl)cc2)cc(Br)c1OC. The van der Waals surface area contributed by atoms with Crippen LogP contribution in [0.25, 0.3) is 0 Å². The van der Waals surface area contributed by atoms with Gasteiger partial charge < -0.3 is 9.47 Å². The molecule has 0 saturated carbocycles. The molecule has 8 nitrogen and oxygen atoms in total. The zero-order chi connectivity index (χ0) is 26.5. The van der Waals surface area contributed by atoms with E-state index in [2.05, 4.69) is 26.5 Å². The van der Waals surface area contributed by atoms with E-state index in [1.807, 2.05) is 13.8 Å². The van der Waals surface area contributed by atoms with Crippen molar-refractivity contribution in [2.45, 2.75) is 18.7 Å². The monoisotopic (exact) mass is 593 g/mol. The van der Waals surface area contributed by atoms with E-state index in [0.29, 0.717) is 32.2 Å². The first kappa shape index (κ1) is 27.5. The Morgan fingerprint density at radius 2 is 1.75 bits per heavy atom. The van der Waals surface area contributed by atoms with Gasteiger partial charge in [0.2, 0.25) is 0 Å². The fraction of sp³-hybridized carbons (Fsp3) is 0.200. The first-order valence-corrected chi connectivity index (χ1v) is 13.3. The number of anilines is 1. The second kappa shape index (κ2) is 11.8. The lowest BCUT2D eigenvalue weighted by Gasteiger charge is -2.24. The highest BCUT2D eigenvalue weighted by Crippen LogP contribution is 2.35. The van der Waals surface area contributed by atoms with Crippen molar-refractivity contribution in [3.63, 3.8) is 0 Å². The standard InChI is InChI=1S/C25H25BrClN3O5S/c1-16-5-8-20(11-17(16)2)30(36(32,33)21-9-6-19(27)7-10-21)15-24(31)29-28-14-18-12-22(26)25(35-4)23(13-18)34-3/h5-14H,15H2,1-4H3,(H,29,31)/b28-14-. The first-order valence-electron chi connectivity index (χ1n) is 10.7. The number of nitrogens with one attached hydrogen (secondary N) is 1. The van der Waals surface area contributed by atoms with Gasteiger partial charge in [-0.05, 0) is 95.0 Å². The van der Waals surface area contributed by atoms with E-state index >= 15 is 0 Å². The Morgan fingerprint density at radius 3 is 2.36 bits per heavy atom. The summed E-state index contributed by atoms with van der Waals surface area (Å²) in [5.74, 6) is 0.381. The minimum absolute atomic E-state index is 0.0107. The van der Waals surface area contributed by atoms with Crippen LogP contribution in [0.15, 0.2) is 69.1 Å². The molecule has 0 bridgehead atoms. The largest absolute Gasteiger partial charge is 0.493 e. The van der Waals surface area contributed by atoms with Crippen LogP contribution >= 0.6 is 27.5 Å². The van der Waals surface area contributed by atoms with Gasteiger partial charge in [-0.15, -0.1) is 0 Å². The van der Waals surface area contributed by atoms with Crippen LogP contribution in [0.1, 0.15) is 16.7 Å². The smallest absolute Gasteiger partial charge is 0.264 e. The Kier molecular flexibility index (Phi) is 8.99. The molecule has 0 saturated heterocycles. The fourth-order valence-corrected chi connectivity index (χ4v) is 5.45. The number of carbonyl (C=O) groups is 1. The number of aryl methyl sites for hydroxylation is 2. The number of hydrogen-bond acceptors (Lipinski definition) is 6. The number of hydrogen-bond donors (Lipinski definition) is 1. The molecule has 1 N–H and O–H groups in total. The van der Waals surface area contributed by atoms with Crippen molar-refractivity contribution in [3.05, 3.63) is 80.8 Å². The second-order valence-corrected chi connectivity index (χ2v) is 10.9. The number of hydrazone groups is 1. The van der Waals surface area contributed by atoms with Gasteiger partial charge in [-0.1, -0.05) is 17.7 Å². The van der Waals surface area contributed by atoms with Crippen molar-refractivity contribution >= 4 is 55.4 Å². The second-order valence-electron chi connectivity index (χ2n) is 7.77. The van der Waals surface area contributed by atoms with E-state index in [1.165, 1.54) is 44.7 Å². The van der Waals surface area contributed by atoms with Crippen molar-refractivity contribution in [1.82, 2.24) is 5.43 Å². The average molecular weight is 595 g/mol. The average Bonchev–Trinajstić information content (AvgIpc) is 2.84. The summed E-state index contributed by atoms with van der Waals surface area (Å²) in [5.41, 5.74) is 5.26. The lowest BCUT2D eigenvalue weighted by molar-refractivity contribution is -0.119. The summed E-state index contributed by atoms with van der Waals surface area (Å²) in [5, 5.41) is 4.38. The van der Waals surface area contributed by atoms with Crippen LogP contribution < -0.4 is 19.2 Å². The number of ether oxygens (including phenoxy) is 2. The van der Waals surface area contributed by atoms with E-state index in [4.69, 9.17) is 21.1 Å². The van der Waals surface area contributed by atoms with Crippen LogP contribution in [0, 0.1) is 13.8 Å². The maximum atomic E-state index is 13.5. The molecule has 0 aliphatic heterocycles. The van der Waals surface area contributed by atoms with Crippen LogP contribution in [0.5, 0.6) is 11.5 Å². The summed E-state index contributed by atoms with van der Waals surface area (Å²) in [6, 6.07) is 14.4. The normalized spacial score (nSPS) is 11.4.